The molecule has 0 bridgehead atoms. The summed E-state index contributed by atoms with van der Waals surface area (Å²) in [6.07, 6.45) is -0.190. The predicted octanol–water partition coefficient (Wildman–Crippen LogP) is -0.113. The second-order valence-electron chi connectivity index (χ2n) is 3.93. The lowest BCUT2D eigenvalue weighted by Gasteiger charge is -2.24. The fraction of sp³-hybridized carbons (Fsp3) is 1.00. The molecular weight excluding hydrogens is 193 g/mol. The smallest absolute Gasteiger partial charge is 0.330 e. The molecule has 80 valence electrons. The van der Waals surface area contributed by atoms with Gasteiger partial charge >= 0.3 is 7.60 Å². The molecule has 0 amide bonds. The summed E-state index contributed by atoms with van der Waals surface area (Å²) in [7, 11) is 2.37. The molecule has 0 radical (unpaired) electrons. The van der Waals surface area contributed by atoms with Gasteiger partial charge in [-0.25, -0.2) is 0 Å². The van der Waals surface area contributed by atoms with Crippen LogP contribution in [0.2, 0.25) is 0 Å². The van der Waals surface area contributed by atoms with Gasteiger partial charge < -0.3 is 19.0 Å². The van der Waals surface area contributed by atoms with Crippen LogP contribution in [0, 0.1) is 0 Å². The van der Waals surface area contributed by atoms with Gasteiger partial charge in [0.2, 0.25) is 0 Å². The Bertz CT molecular complexity index is 189. The van der Waals surface area contributed by atoms with Crippen LogP contribution in [0.25, 0.3) is 0 Å². The number of hydrogen-bond acceptors (Lipinski definition) is 3. The van der Waals surface area contributed by atoms with Crippen LogP contribution < -0.4 is 0 Å². The van der Waals surface area contributed by atoms with Gasteiger partial charge in [0.25, 0.3) is 0 Å². The Hall–Kier alpha value is 0.0700. The van der Waals surface area contributed by atoms with Gasteiger partial charge in [-0.2, -0.15) is 0 Å². The van der Waals surface area contributed by atoms with Crippen molar-refractivity contribution in [2.75, 3.05) is 47.1 Å². The Morgan fingerprint density at radius 2 is 1.92 bits per heavy atom. The maximum Gasteiger partial charge on any atom is 0.330 e. The highest BCUT2D eigenvalue weighted by Crippen LogP contribution is 2.40. The van der Waals surface area contributed by atoms with E-state index in [0.29, 0.717) is 11.0 Å². The fourth-order valence-electron chi connectivity index (χ4n) is 0.648. The van der Waals surface area contributed by atoms with Gasteiger partial charge in [-0.3, -0.25) is 4.57 Å². The summed E-state index contributed by atoms with van der Waals surface area (Å²) in [5.74, 6) is 0. The molecule has 0 rings (SSSR count). The summed E-state index contributed by atoms with van der Waals surface area (Å²) >= 11 is 0. The first-order valence-corrected chi connectivity index (χ1v) is 5.91. The van der Waals surface area contributed by atoms with Gasteiger partial charge in [0, 0.05) is 0 Å². The number of quaternary nitrogens is 1. The number of rotatable bonds is 6. The molecule has 0 spiro atoms. The molecule has 0 aromatic rings. The number of nitrogens with zero attached hydrogens (tertiary/aromatic N) is 1. The monoisotopic (exact) mass is 212 g/mol. The third kappa shape index (κ3) is 8.40. The van der Waals surface area contributed by atoms with E-state index in [4.69, 9.17) is 14.5 Å². The van der Waals surface area contributed by atoms with Gasteiger partial charge in [-0.1, -0.05) is 0 Å². The second-order valence-corrected chi connectivity index (χ2v) is 5.91. The Labute approximate surface area is 79.1 Å². The van der Waals surface area contributed by atoms with Crippen LogP contribution >= 0.6 is 7.60 Å². The Morgan fingerprint density at radius 1 is 1.38 bits per heavy atom. The molecule has 0 aliphatic rings. The molecule has 0 heterocycles. The van der Waals surface area contributed by atoms with Crippen molar-refractivity contribution in [1.82, 2.24) is 0 Å². The van der Waals surface area contributed by atoms with Crippen LogP contribution in [0.1, 0.15) is 0 Å². The van der Waals surface area contributed by atoms with Crippen molar-refractivity contribution in [3.63, 3.8) is 0 Å². The second kappa shape index (κ2) is 5.08. The van der Waals surface area contributed by atoms with E-state index in [1.807, 2.05) is 21.1 Å². The topological polar surface area (TPSA) is 66.8 Å². The zero-order valence-corrected chi connectivity index (χ0v) is 9.33. The molecule has 0 saturated heterocycles. The van der Waals surface area contributed by atoms with E-state index in [1.54, 1.807) is 0 Å². The summed E-state index contributed by atoms with van der Waals surface area (Å²) in [4.78, 5) is 9.08. The minimum atomic E-state index is -3.54. The average Bonchev–Trinajstić information content (AvgIpc) is 1.82. The molecule has 5 nitrogen and oxygen atoms in total. The van der Waals surface area contributed by atoms with Gasteiger partial charge in [0.05, 0.1) is 33.9 Å². The van der Waals surface area contributed by atoms with Crippen LogP contribution in [0.5, 0.6) is 0 Å². The first-order chi connectivity index (χ1) is 5.77. The van der Waals surface area contributed by atoms with Crippen molar-refractivity contribution in [1.29, 1.82) is 0 Å². The van der Waals surface area contributed by atoms with E-state index in [1.165, 1.54) is 0 Å². The van der Waals surface area contributed by atoms with Crippen molar-refractivity contribution in [2.45, 2.75) is 0 Å². The summed E-state index contributed by atoms with van der Waals surface area (Å²) < 4.78 is 16.5. The molecule has 0 aliphatic heterocycles. The third-order valence-corrected chi connectivity index (χ3v) is 2.79. The summed E-state index contributed by atoms with van der Waals surface area (Å²) in [5.41, 5.74) is 0. The Balaban J connectivity index is 3.70. The minimum Gasteiger partial charge on any atom is -0.396 e. The maximum atomic E-state index is 11.1. The number of hydrogen-bond donors (Lipinski definition) is 2. The van der Waals surface area contributed by atoms with E-state index in [0.717, 1.165) is 0 Å². The largest absolute Gasteiger partial charge is 0.396 e. The molecule has 0 fully saturated rings. The SMILES string of the molecule is C[N+](C)(C)CCOP(=O)(O)CCO. The van der Waals surface area contributed by atoms with Crippen LogP contribution in [-0.4, -0.2) is 61.5 Å². The molecule has 6 heteroatoms. The van der Waals surface area contributed by atoms with E-state index < -0.39 is 7.60 Å². The molecule has 0 aromatic carbocycles. The van der Waals surface area contributed by atoms with Crippen LogP contribution in [0.4, 0.5) is 0 Å². The van der Waals surface area contributed by atoms with Crippen molar-refractivity contribution < 1.29 is 23.6 Å². The minimum absolute atomic E-state index is 0.190. The third-order valence-electron chi connectivity index (χ3n) is 1.44. The Morgan fingerprint density at radius 3 is 2.31 bits per heavy atom. The lowest BCUT2D eigenvalue weighted by atomic mass is 10.5. The number of aliphatic hydroxyl groups is 1. The molecular formula is C7H19NO4P+. The molecule has 1 atom stereocenters. The van der Waals surface area contributed by atoms with E-state index in [9.17, 15) is 4.57 Å². The average molecular weight is 212 g/mol. The first-order valence-electron chi connectivity index (χ1n) is 4.14. The van der Waals surface area contributed by atoms with Crippen molar-refractivity contribution in [3.05, 3.63) is 0 Å². The first kappa shape index (κ1) is 13.1. The quantitative estimate of drug-likeness (QED) is 0.476. The highest BCUT2D eigenvalue weighted by atomic mass is 31.2. The van der Waals surface area contributed by atoms with Gasteiger partial charge in [-0.05, 0) is 0 Å². The van der Waals surface area contributed by atoms with Gasteiger partial charge in [0.15, 0.2) is 0 Å². The molecule has 13 heavy (non-hydrogen) atoms. The highest BCUT2D eigenvalue weighted by Gasteiger charge is 2.19. The zero-order valence-electron chi connectivity index (χ0n) is 8.43. The predicted molar refractivity (Wildman–Crippen MR) is 50.6 cm³/mol. The highest BCUT2D eigenvalue weighted by molar-refractivity contribution is 7.52. The van der Waals surface area contributed by atoms with Gasteiger partial charge in [-0.15, -0.1) is 0 Å². The molecule has 2 N–H and O–H groups in total. The number of aliphatic hydroxyl groups excluding tert-OH is 1. The van der Waals surface area contributed by atoms with Crippen LogP contribution in [0.15, 0.2) is 0 Å². The zero-order chi connectivity index (χ0) is 10.5. The van der Waals surface area contributed by atoms with Crippen molar-refractivity contribution >= 4 is 7.60 Å². The maximum absolute atomic E-state index is 11.1. The summed E-state index contributed by atoms with van der Waals surface area (Å²) in [5, 5.41) is 8.44. The lowest BCUT2D eigenvalue weighted by molar-refractivity contribution is -0.870. The van der Waals surface area contributed by atoms with E-state index in [-0.39, 0.29) is 19.4 Å². The summed E-state index contributed by atoms with van der Waals surface area (Å²) in [6, 6.07) is 0. The fourth-order valence-corrected chi connectivity index (χ4v) is 1.40. The van der Waals surface area contributed by atoms with Crippen LogP contribution in [0.3, 0.4) is 0 Å². The standard InChI is InChI=1S/C7H18NO4P/c1-8(2,3)4-6-12-13(10,11)7-5-9/h9H,4-7H2,1-3H3/p+1. The molecule has 1 unspecified atom stereocenters. The number of likely N-dealkylation sites (N-methyl/N-ethyl adjacent to an activating group) is 1. The van der Waals surface area contributed by atoms with E-state index >= 15 is 0 Å². The normalized spacial score (nSPS) is 17.0. The van der Waals surface area contributed by atoms with E-state index in [2.05, 4.69) is 0 Å². The summed E-state index contributed by atoms with van der Waals surface area (Å²) in [6.45, 7) is 0.575. The lowest BCUT2D eigenvalue weighted by Crippen LogP contribution is -2.37. The molecule has 0 aromatic heterocycles. The van der Waals surface area contributed by atoms with Crippen molar-refractivity contribution in [3.8, 4) is 0 Å². The molecule has 0 saturated carbocycles. The van der Waals surface area contributed by atoms with Crippen molar-refractivity contribution in [2.24, 2.45) is 0 Å². The molecule has 0 aliphatic carbocycles. The Kier molecular flexibility index (Phi) is 5.10. The van der Waals surface area contributed by atoms with Crippen LogP contribution in [-0.2, 0) is 9.09 Å². The van der Waals surface area contributed by atoms with Gasteiger partial charge in [0.1, 0.15) is 13.2 Å².